The summed E-state index contributed by atoms with van der Waals surface area (Å²) in [6.45, 7) is 5.30. The fourth-order valence-electron chi connectivity index (χ4n) is 0.919. The standard InChI is InChI=1S/C10H18N2O2/c1-4-8(13)6-9(14-3)7-10(11)12-5-2/h5-6,9,13H,2,4,7H2,1,3H3,(H2,11,12)/b8-6+/t9-/m0/s1. The number of aliphatic hydroxyl groups is 1. The van der Waals surface area contributed by atoms with Gasteiger partial charge in [0, 0.05) is 26.2 Å². The van der Waals surface area contributed by atoms with Crippen molar-refractivity contribution < 1.29 is 9.84 Å². The minimum Gasteiger partial charge on any atom is -0.513 e. The third-order valence-electron chi connectivity index (χ3n) is 1.71. The Kier molecular flexibility index (Phi) is 6.49. The molecule has 0 fully saturated rings. The van der Waals surface area contributed by atoms with Gasteiger partial charge in [0.25, 0.3) is 0 Å². The van der Waals surface area contributed by atoms with Crippen molar-refractivity contribution in [3.05, 3.63) is 24.6 Å². The second-order valence-electron chi connectivity index (χ2n) is 2.79. The Bertz CT molecular complexity index is 234. The molecule has 1 atom stereocenters. The molecule has 80 valence electrons. The fourth-order valence-corrected chi connectivity index (χ4v) is 0.919. The first-order valence-corrected chi connectivity index (χ1v) is 4.49. The molecule has 0 aliphatic rings. The summed E-state index contributed by atoms with van der Waals surface area (Å²) in [5.41, 5.74) is 5.57. The summed E-state index contributed by atoms with van der Waals surface area (Å²) in [4.78, 5) is 3.81. The predicted octanol–water partition coefficient (Wildman–Crippen LogP) is 1.74. The predicted molar refractivity (Wildman–Crippen MR) is 58.2 cm³/mol. The van der Waals surface area contributed by atoms with E-state index in [1.165, 1.54) is 6.20 Å². The SMILES string of the molecule is C=CN=C(N)C[C@H](/C=C(/O)CC)OC. The summed E-state index contributed by atoms with van der Waals surface area (Å²) in [6.07, 6.45) is 3.81. The zero-order valence-corrected chi connectivity index (χ0v) is 8.73. The van der Waals surface area contributed by atoms with Gasteiger partial charge in [-0.2, -0.15) is 0 Å². The largest absolute Gasteiger partial charge is 0.513 e. The molecule has 4 nitrogen and oxygen atoms in total. The van der Waals surface area contributed by atoms with Gasteiger partial charge in [0.15, 0.2) is 0 Å². The molecule has 0 aromatic rings. The van der Waals surface area contributed by atoms with Crippen LogP contribution in [-0.4, -0.2) is 24.2 Å². The van der Waals surface area contributed by atoms with Gasteiger partial charge in [-0.25, -0.2) is 4.99 Å². The minimum atomic E-state index is -0.237. The molecule has 0 amide bonds. The number of rotatable bonds is 6. The second kappa shape index (κ2) is 7.15. The molecule has 0 aliphatic heterocycles. The molecule has 0 unspecified atom stereocenters. The second-order valence-corrected chi connectivity index (χ2v) is 2.79. The smallest absolute Gasteiger partial charge is 0.102 e. The molecule has 3 N–H and O–H groups in total. The van der Waals surface area contributed by atoms with Gasteiger partial charge in [-0.3, -0.25) is 0 Å². The van der Waals surface area contributed by atoms with Crippen molar-refractivity contribution in [3.8, 4) is 0 Å². The maximum atomic E-state index is 9.28. The number of hydrogen-bond donors (Lipinski definition) is 2. The van der Waals surface area contributed by atoms with Crippen LogP contribution in [0.4, 0.5) is 0 Å². The van der Waals surface area contributed by atoms with Crippen LogP contribution in [0.5, 0.6) is 0 Å². The van der Waals surface area contributed by atoms with E-state index in [-0.39, 0.29) is 6.10 Å². The molecule has 0 spiro atoms. The first-order valence-electron chi connectivity index (χ1n) is 4.49. The van der Waals surface area contributed by atoms with Crippen molar-refractivity contribution in [2.45, 2.75) is 25.9 Å². The molecular weight excluding hydrogens is 180 g/mol. The van der Waals surface area contributed by atoms with Gasteiger partial charge in [0.05, 0.1) is 11.9 Å². The zero-order valence-electron chi connectivity index (χ0n) is 8.73. The summed E-state index contributed by atoms with van der Waals surface area (Å²) in [7, 11) is 1.56. The third-order valence-corrected chi connectivity index (χ3v) is 1.71. The number of aliphatic imine (C=N–C) groups is 1. The van der Waals surface area contributed by atoms with Crippen molar-refractivity contribution in [2.75, 3.05) is 7.11 Å². The van der Waals surface area contributed by atoms with Crippen LogP contribution >= 0.6 is 0 Å². The van der Waals surface area contributed by atoms with E-state index in [9.17, 15) is 5.11 Å². The molecule has 0 heterocycles. The average Bonchev–Trinajstić information content (AvgIpc) is 2.16. The monoisotopic (exact) mass is 198 g/mol. The van der Waals surface area contributed by atoms with Crippen LogP contribution < -0.4 is 5.73 Å². The highest BCUT2D eigenvalue weighted by molar-refractivity contribution is 5.81. The molecule has 0 rings (SSSR count). The Hall–Kier alpha value is -1.29. The Balaban J connectivity index is 4.29. The number of nitrogens with two attached hydrogens (primary N) is 1. The lowest BCUT2D eigenvalue weighted by Crippen LogP contribution is -2.20. The lowest BCUT2D eigenvalue weighted by molar-refractivity contribution is 0.143. The van der Waals surface area contributed by atoms with Gasteiger partial charge in [-0.15, -0.1) is 0 Å². The molecule has 0 radical (unpaired) electrons. The van der Waals surface area contributed by atoms with E-state index in [0.29, 0.717) is 24.4 Å². The van der Waals surface area contributed by atoms with Gasteiger partial charge in [-0.05, 0) is 6.08 Å². The van der Waals surface area contributed by atoms with Crippen molar-refractivity contribution in [1.29, 1.82) is 0 Å². The molecule has 0 aliphatic carbocycles. The number of allylic oxidation sites excluding steroid dienone is 1. The van der Waals surface area contributed by atoms with Gasteiger partial charge in [0.2, 0.25) is 0 Å². The van der Waals surface area contributed by atoms with Crippen molar-refractivity contribution in [3.63, 3.8) is 0 Å². The van der Waals surface area contributed by atoms with Crippen LogP contribution in [0.25, 0.3) is 0 Å². The maximum absolute atomic E-state index is 9.28. The topological polar surface area (TPSA) is 67.8 Å². The number of ether oxygens (including phenoxy) is 1. The van der Waals surface area contributed by atoms with Crippen LogP contribution in [0.3, 0.4) is 0 Å². The highest BCUT2D eigenvalue weighted by atomic mass is 16.5. The number of methoxy groups -OCH3 is 1. The molecule has 4 heteroatoms. The lowest BCUT2D eigenvalue weighted by atomic mass is 10.2. The molecular formula is C10H18N2O2. The Morgan fingerprint density at radius 3 is 2.79 bits per heavy atom. The number of amidine groups is 1. The van der Waals surface area contributed by atoms with Crippen LogP contribution in [0.2, 0.25) is 0 Å². The molecule has 14 heavy (non-hydrogen) atoms. The number of hydrogen-bond acceptors (Lipinski definition) is 3. The van der Waals surface area contributed by atoms with Gasteiger partial charge >= 0.3 is 0 Å². The van der Waals surface area contributed by atoms with Crippen LogP contribution in [0, 0.1) is 0 Å². The first-order chi connectivity index (χ1) is 6.63. The fraction of sp³-hybridized carbons (Fsp3) is 0.500. The summed E-state index contributed by atoms with van der Waals surface area (Å²) < 4.78 is 5.11. The van der Waals surface area contributed by atoms with Gasteiger partial charge < -0.3 is 15.6 Å². The molecule has 0 aromatic carbocycles. The summed E-state index contributed by atoms with van der Waals surface area (Å²) in [5.74, 6) is 0.732. The van der Waals surface area contributed by atoms with Crippen LogP contribution in [0.1, 0.15) is 19.8 Å². The van der Waals surface area contributed by atoms with Crippen molar-refractivity contribution in [1.82, 2.24) is 0 Å². The third kappa shape index (κ3) is 5.37. The Labute approximate surface area is 84.8 Å². The molecule has 0 saturated carbocycles. The zero-order chi connectivity index (χ0) is 11.0. The summed E-state index contributed by atoms with van der Waals surface area (Å²) >= 11 is 0. The summed E-state index contributed by atoms with van der Waals surface area (Å²) in [5, 5.41) is 9.28. The van der Waals surface area contributed by atoms with Crippen molar-refractivity contribution >= 4 is 5.84 Å². The quantitative estimate of drug-likeness (QED) is 0.388. The normalized spacial score (nSPS) is 15.3. The maximum Gasteiger partial charge on any atom is 0.102 e. The van der Waals surface area contributed by atoms with Crippen LogP contribution in [0.15, 0.2) is 29.6 Å². The van der Waals surface area contributed by atoms with E-state index in [4.69, 9.17) is 10.5 Å². The highest BCUT2D eigenvalue weighted by Crippen LogP contribution is 2.04. The first kappa shape index (κ1) is 12.7. The summed E-state index contributed by atoms with van der Waals surface area (Å²) in [6, 6.07) is 0. The van der Waals surface area contributed by atoms with Gasteiger partial charge in [-0.1, -0.05) is 13.5 Å². The van der Waals surface area contributed by atoms with E-state index >= 15 is 0 Å². The highest BCUT2D eigenvalue weighted by Gasteiger charge is 2.07. The van der Waals surface area contributed by atoms with E-state index in [2.05, 4.69) is 11.6 Å². The van der Waals surface area contributed by atoms with E-state index in [1.54, 1.807) is 13.2 Å². The van der Waals surface area contributed by atoms with E-state index in [0.717, 1.165) is 0 Å². The Morgan fingerprint density at radius 2 is 2.36 bits per heavy atom. The Morgan fingerprint density at radius 1 is 1.71 bits per heavy atom. The minimum absolute atomic E-state index is 0.237. The van der Waals surface area contributed by atoms with E-state index < -0.39 is 0 Å². The molecule has 0 bridgehead atoms. The molecule has 0 saturated heterocycles. The number of nitrogens with zero attached hydrogens (tertiary/aromatic N) is 1. The van der Waals surface area contributed by atoms with E-state index in [1.807, 2.05) is 6.92 Å². The lowest BCUT2D eigenvalue weighted by Gasteiger charge is -2.10. The molecule has 0 aromatic heterocycles. The van der Waals surface area contributed by atoms with Crippen LogP contribution in [-0.2, 0) is 4.74 Å². The average molecular weight is 198 g/mol. The van der Waals surface area contributed by atoms with Gasteiger partial charge in [0.1, 0.15) is 5.84 Å². The number of aliphatic hydroxyl groups excluding tert-OH is 1. The van der Waals surface area contributed by atoms with Crippen molar-refractivity contribution in [2.24, 2.45) is 10.7 Å².